The second-order valence-electron chi connectivity index (χ2n) is 6.80. The van der Waals surface area contributed by atoms with E-state index in [0.717, 1.165) is 56.3 Å². The van der Waals surface area contributed by atoms with Crippen LogP contribution in [-0.4, -0.2) is 70.9 Å². The number of nitrogens with zero attached hydrogens (tertiary/aromatic N) is 4. The maximum atomic E-state index is 12.4. The summed E-state index contributed by atoms with van der Waals surface area (Å²) in [4.78, 5) is 16.8. The number of rotatable bonds is 4. The number of aryl methyl sites for hydroxylation is 2. The van der Waals surface area contributed by atoms with Crippen LogP contribution in [-0.2, 0) is 16.6 Å². The zero-order valence-electron chi connectivity index (χ0n) is 15.0. The van der Waals surface area contributed by atoms with Crippen molar-refractivity contribution in [1.82, 2.24) is 19.6 Å². The van der Waals surface area contributed by atoms with Crippen LogP contribution in [0.2, 0.25) is 0 Å². The summed E-state index contributed by atoms with van der Waals surface area (Å²) in [6, 6.07) is 0. The Labute approximate surface area is 144 Å². The molecule has 1 aromatic rings. The molecule has 24 heavy (non-hydrogen) atoms. The molecule has 3 heterocycles. The predicted octanol–water partition coefficient (Wildman–Crippen LogP) is 1.37. The molecule has 0 radical (unpaired) electrons. The van der Waals surface area contributed by atoms with Crippen LogP contribution in [0.3, 0.4) is 0 Å². The van der Waals surface area contributed by atoms with Crippen molar-refractivity contribution in [2.75, 3.05) is 39.3 Å². The summed E-state index contributed by atoms with van der Waals surface area (Å²) in [5.74, 6) is 0.0921. The van der Waals surface area contributed by atoms with Gasteiger partial charge in [0.05, 0.1) is 11.8 Å². The molecule has 6 heteroatoms. The first kappa shape index (κ1) is 17.2. The molecular weight excluding hydrogens is 304 g/mol. The van der Waals surface area contributed by atoms with Gasteiger partial charge in [0.1, 0.15) is 0 Å². The summed E-state index contributed by atoms with van der Waals surface area (Å²) in [5.41, 5.74) is 3.08. The van der Waals surface area contributed by atoms with Gasteiger partial charge >= 0.3 is 0 Å². The Kier molecular flexibility index (Phi) is 5.36. The van der Waals surface area contributed by atoms with E-state index < -0.39 is 0 Å². The fourth-order valence-electron chi connectivity index (χ4n) is 3.52. The fourth-order valence-corrected chi connectivity index (χ4v) is 3.52. The van der Waals surface area contributed by atoms with Gasteiger partial charge in [0.25, 0.3) is 0 Å². The third-order valence-electron chi connectivity index (χ3n) is 5.13. The Morgan fingerprint density at radius 1 is 1.29 bits per heavy atom. The van der Waals surface area contributed by atoms with Crippen LogP contribution in [0.15, 0.2) is 6.08 Å². The number of hydrogen-bond donors (Lipinski definition) is 0. The van der Waals surface area contributed by atoms with Gasteiger partial charge in [-0.1, -0.05) is 0 Å². The lowest BCUT2D eigenvalue weighted by atomic mass is 10.1. The number of ether oxygens (including phenoxy) is 1. The standard InChI is InChI=1S/C18H28N4O2/c1-14-17(15(2)20(3)19-14)6-7-18(23)22-10-8-21(9-11-22)13-16-5-4-12-24-16/h6-7,16H,4-5,8-13H2,1-3H3/b7-6+. The first-order valence-corrected chi connectivity index (χ1v) is 8.85. The van der Waals surface area contributed by atoms with Crippen LogP contribution >= 0.6 is 0 Å². The van der Waals surface area contributed by atoms with E-state index >= 15 is 0 Å². The molecule has 132 valence electrons. The van der Waals surface area contributed by atoms with E-state index in [2.05, 4.69) is 10.00 Å². The van der Waals surface area contributed by atoms with Gasteiger partial charge in [0.2, 0.25) is 5.91 Å². The SMILES string of the molecule is Cc1nn(C)c(C)c1/C=C/C(=O)N1CCN(CC2CCCO2)CC1. The Balaban J connectivity index is 1.50. The molecule has 0 spiro atoms. The minimum absolute atomic E-state index is 0.0921. The quantitative estimate of drug-likeness (QED) is 0.782. The molecule has 2 saturated heterocycles. The third-order valence-corrected chi connectivity index (χ3v) is 5.13. The normalized spacial score (nSPS) is 22.6. The molecule has 2 fully saturated rings. The molecule has 0 N–H and O–H groups in total. The molecule has 0 aromatic carbocycles. The lowest BCUT2D eigenvalue weighted by Gasteiger charge is -2.35. The monoisotopic (exact) mass is 332 g/mol. The van der Waals surface area contributed by atoms with Crippen LogP contribution in [0, 0.1) is 13.8 Å². The van der Waals surface area contributed by atoms with Gasteiger partial charge in [0, 0.05) is 63.7 Å². The fraction of sp³-hybridized carbons (Fsp3) is 0.667. The summed E-state index contributed by atoms with van der Waals surface area (Å²) < 4.78 is 7.55. The van der Waals surface area contributed by atoms with Crippen molar-refractivity contribution in [2.45, 2.75) is 32.8 Å². The average molecular weight is 332 g/mol. The molecule has 1 aromatic heterocycles. The molecule has 1 unspecified atom stereocenters. The van der Waals surface area contributed by atoms with E-state index in [1.54, 1.807) is 6.08 Å². The zero-order valence-corrected chi connectivity index (χ0v) is 15.0. The molecular formula is C18H28N4O2. The minimum atomic E-state index is 0.0921. The van der Waals surface area contributed by atoms with Gasteiger partial charge in [-0.3, -0.25) is 14.4 Å². The van der Waals surface area contributed by atoms with Gasteiger partial charge in [-0.05, 0) is 32.8 Å². The topological polar surface area (TPSA) is 50.6 Å². The van der Waals surface area contributed by atoms with Crippen LogP contribution in [0.4, 0.5) is 0 Å². The number of piperazine rings is 1. The molecule has 0 aliphatic carbocycles. The minimum Gasteiger partial charge on any atom is -0.377 e. The molecule has 1 amide bonds. The van der Waals surface area contributed by atoms with E-state index in [4.69, 9.17) is 4.74 Å². The van der Waals surface area contributed by atoms with Gasteiger partial charge in [-0.15, -0.1) is 0 Å². The van der Waals surface area contributed by atoms with Gasteiger partial charge in [-0.2, -0.15) is 5.10 Å². The summed E-state index contributed by atoms with van der Waals surface area (Å²) >= 11 is 0. The highest BCUT2D eigenvalue weighted by Crippen LogP contribution is 2.16. The van der Waals surface area contributed by atoms with Crippen LogP contribution in [0.5, 0.6) is 0 Å². The van der Waals surface area contributed by atoms with Crippen molar-refractivity contribution in [3.8, 4) is 0 Å². The summed E-state index contributed by atoms with van der Waals surface area (Å²) in [7, 11) is 1.93. The third kappa shape index (κ3) is 3.87. The molecule has 0 bridgehead atoms. The zero-order chi connectivity index (χ0) is 17.1. The number of amides is 1. The molecule has 1 atom stereocenters. The van der Waals surface area contributed by atoms with Crippen molar-refractivity contribution >= 4 is 12.0 Å². The molecule has 6 nitrogen and oxygen atoms in total. The van der Waals surface area contributed by atoms with Crippen molar-refractivity contribution in [1.29, 1.82) is 0 Å². The summed E-state index contributed by atoms with van der Waals surface area (Å²) in [5, 5.41) is 4.38. The van der Waals surface area contributed by atoms with Gasteiger partial charge < -0.3 is 9.64 Å². The van der Waals surface area contributed by atoms with E-state index in [-0.39, 0.29) is 5.91 Å². The maximum absolute atomic E-state index is 12.4. The lowest BCUT2D eigenvalue weighted by Crippen LogP contribution is -2.50. The van der Waals surface area contributed by atoms with E-state index in [1.807, 2.05) is 36.6 Å². The predicted molar refractivity (Wildman–Crippen MR) is 93.7 cm³/mol. The van der Waals surface area contributed by atoms with Crippen molar-refractivity contribution < 1.29 is 9.53 Å². The molecule has 2 aliphatic heterocycles. The largest absolute Gasteiger partial charge is 0.377 e. The second-order valence-corrected chi connectivity index (χ2v) is 6.80. The van der Waals surface area contributed by atoms with Crippen molar-refractivity contribution in [3.63, 3.8) is 0 Å². The summed E-state index contributed by atoms with van der Waals surface area (Å²) in [6.45, 7) is 9.36. The summed E-state index contributed by atoms with van der Waals surface area (Å²) in [6.07, 6.45) is 6.34. The molecule has 3 rings (SSSR count). The van der Waals surface area contributed by atoms with E-state index in [1.165, 1.54) is 12.8 Å². The smallest absolute Gasteiger partial charge is 0.246 e. The first-order valence-electron chi connectivity index (χ1n) is 8.85. The first-order chi connectivity index (χ1) is 11.5. The maximum Gasteiger partial charge on any atom is 0.246 e. The highest BCUT2D eigenvalue weighted by atomic mass is 16.5. The number of carbonyl (C=O) groups is 1. The molecule has 2 aliphatic rings. The Hall–Kier alpha value is -1.66. The van der Waals surface area contributed by atoms with Gasteiger partial charge in [0.15, 0.2) is 0 Å². The Morgan fingerprint density at radius 2 is 2.04 bits per heavy atom. The van der Waals surface area contributed by atoms with E-state index in [0.29, 0.717) is 6.10 Å². The van der Waals surface area contributed by atoms with Crippen LogP contribution < -0.4 is 0 Å². The number of aromatic nitrogens is 2. The van der Waals surface area contributed by atoms with Crippen molar-refractivity contribution in [2.24, 2.45) is 7.05 Å². The lowest BCUT2D eigenvalue weighted by molar-refractivity contribution is -0.127. The number of carbonyl (C=O) groups excluding carboxylic acids is 1. The molecule has 0 saturated carbocycles. The van der Waals surface area contributed by atoms with Crippen LogP contribution in [0.25, 0.3) is 6.08 Å². The Morgan fingerprint density at radius 3 is 2.62 bits per heavy atom. The van der Waals surface area contributed by atoms with E-state index in [9.17, 15) is 4.79 Å². The Bertz CT molecular complexity index is 609. The van der Waals surface area contributed by atoms with Crippen LogP contribution in [0.1, 0.15) is 29.8 Å². The highest BCUT2D eigenvalue weighted by molar-refractivity contribution is 5.92. The average Bonchev–Trinajstić information content (AvgIpc) is 3.15. The number of hydrogen-bond acceptors (Lipinski definition) is 4. The van der Waals surface area contributed by atoms with Crippen molar-refractivity contribution in [3.05, 3.63) is 23.0 Å². The van der Waals surface area contributed by atoms with Gasteiger partial charge in [-0.25, -0.2) is 0 Å². The highest BCUT2D eigenvalue weighted by Gasteiger charge is 2.24. The second kappa shape index (κ2) is 7.49.